The lowest BCUT2D eigenvalue weighted by atomic mass is 10.1. The zero-order valence-corrected chi connectivity index (χ0v) is 23.1. The number of benzene rings is 3. The Morgan fingerprint density at radius 2 is 1.77 bits per heavy atom. The molecule has 1 saturated heterocycles. The highest BCUT2D eigenvalue weighted by Gasteiger charge is 2.34. The fourth-order valence-corrected chi connectivity index (χ4v) is 4.94. The van der Waals surface area contributed by atoms with Gasteiger partial charge in [-0.25, -0.2) is 0 Å². The number of hydrogen-bond acceptors (Lipinski definition) is 5. The van der Waals surface area contributed by atoms with Gasteiger partial charge in [0.2, 0.25) is 0 Å². The minimum absolute atomic E-state index is 0.0254. The number of hydrogen-bond donors (Lipinski definition) is 1. The minimum atomic E-state index is -0.547. The number of nitrogens with one attached hydrogen (secondary N) is 1. The average molecular weight is 663 g/mol. The molecule has 0 aliphatic carbocycles. The molecule has 0 radical (unpaired) electrons. The van der Waals surface area contributed by atoms with Crippen molar-refractivity contribution >= 4 is 79.4 Å². The van der Waals surface area contributed by atoms with Crippen LogP contribution in [0, 0.1) is 3.57 Å². The Bertz CT molecular complexity index is 1330. The van der Waals surface area contributed by atoms with Crippen LogP contribution in [0.5, 0.6) is 11.5 Å². The van der Waals surface area contributed by atoms with Crippen molar-refractivity contribution in [1.82, 2.24) is 5.32 Å². The van der Waals surface area contributed by atoms with Gasteiger partial charge in [0, 0.05) is 10.0 Å². The van der Waals surface area contributed by atoms with Crippen molar-refractivity contribution in [1.29, 1.82) is 0 Å². The molecular formula is C26H20BrIN2O4S. The number of carbonyl (C=O) groups is 2. The molecule has 0 bridgehead atoms. The Labute approximate surface area is 230 Å². The smallest absolute Gasteiger partial charge is 0.270 e. The van der Waals surface area contributed by atoms with E-state index in [-0.39, 0.29) is 10.7 Å². The summed E-state index contributed by atoms with van der Waals surface area (Å²) >= 11 is 11.0. The third-order valence-corrected chi connectivity index (χ3v) is 6.95. The Hall–Kier alpha value is -2.76. The summed E-state index contributed by atoms with van der Waals surface area (Å²) in [5.41, 5.74) is 2.18. The number of rotatable bonds is 7. The molecule has 1 heterocycles. The van der Waals surface area contributed by atoms with Crippen LogP contribution in [0.3, 0.4) is 0 Å². The van der Waals surface area contributed by atoms with Gasteiger partial charge in [0.05, 0.1) is 15.9 Å². The van der Waals surface area contributed by atoms with E-state index in [9.17, 15) is 9.59 Å². The van der Waals surface area contributed by atoms with Crippen molar-refractivity contribution in [3.05, 3.63) is 91.5 Å². The van der Waals surface area contributed by atoms with Crippen LogP contribution in [-0.2, 0) is 16.2 Å². The van der Waals surface area contributed by atoms with E-state index in [1.54, 1.807) is 30.3 Å². The maximum absolute atomic E-state index is 13.3. The number of thiocarbonyl (C=S) groups is 1. The molecule has 3 aromatic rings. The predicted octanol–water partition coefficient (Wildman–Crippen LogP) is 5.86. The molecule has 4 rings (SSSR count). The first-order valence-corrected chi connectivity index (χ1v) is 13.0. The molecule has 1 aliphatic heterocycles. The van der Waals surface area contributed by atoms with Crippen LogP contribution in [0.1, 0.15) is 18.1 Å². The van der Waals surface area contributed by atoms with Gasteiger partial charge in [-0.3, -0.25) is 19.8 Å². The quantitative estimate of drug-likeness (QED) is 0.149. The normalized spacial score (nSPS) is 14.8. The third kappa shape index (κ3) is 5.74. The Kier molecular flexibility index (Phi) is 8.19. The highest BCUT2D eigenvalue weighted by molar-refractivity contribution is 14.1. The predicted molar refractivity (Wildman–Crippen MR) is 151 cm³/mol. The largest absolute Gasteiger partial charge is 0.490 e. The maximum atomic E-state index is 13.3. The van der Waals surface area contributed by atoms with Crippen molar-refractivity contribution in [2.24, 2.45) is 0 Å². The number of nitrogens with zero attached hydrogens (tertiary/aromatic N) is 1. The second kappa shape index (κ2) is 11.3. The summed E-state index contributed by atoms with van der Waals surface area (Å²) in [6, 6.07) is 20.4. The van der Waals surface area contributed by atoms with Gasteiger partial charge in [-0.15, -0.1) is 0 Å². The van der Waals surface area contributed by atoms with Crippen molar-refractivity contribution in [3.63, 3.8) is 0 Å². The van der Waals surface area contributed by atoms with E-state index in [2.05, 4.69) is 43.8 Å². The Morgan fingerprint density at radius 1 is 1.06 bits per heavy atom. The molecule has 0 saturated carbocycles. The minimum Gasteiger partial charge on any atom is -0.490 e. The highest BCUT2D eigenvalue weighted by Crippen LogP contribution is 2.36. The molecule has 3 aromatic carbocycles. The Morgan fingerprint density at radius 3 is 2.49 bits per heavy atom. The summed E-state index contributed by atoms with van der Waals surface area (Å²) in [4.78, 5) is 27.2. The fourth-order valence-electron chi connectivity index (χ4n) is 3.48. The molecule has 0 spiro atoms. The van der Waals surface area contributed by atoms with E-state index >= 15 is 0 Å². The number of para-hydroxylation sites is 1. The van der Waals surface area contributed by atoms with Crippen molar-refractivity contribution in [2.75, 3.05) is 11.5 Å². The van der Waals surface area contributed by atoms with Crippen LogP contribution in [0.25, 0.3) is 6.08 Å². The molecular weight excluding hydrogens is 643 g/mol. The SMILES string of the molecule is CCOc1cc(/C=C2/C(=O)NC(=S)N(c3ccccc3)C2=O)cc(I)c1OCc1ccccc1Br. The highest BCUT2D eigenvalue weighted by atomic mass is 127. The summed E-state index contributed by atoms with van der Waals surface area (Å²) in [6.07, 6.45) is 1.54. The van der Waals surface area contributed by atoms with E-state index in [0.29, 0.717) is 36.0 Å². The van der Waals surface area contributed by atoms with E-state index in [0.717, 1.165) is 13.6 Å². The molecule has 1 aliphatic rings. The van der Waals surface area contributed by atoms with Crippen LogP contribution < -0.4 is 19.7 Å². The summed E-state index contributed by atoms with van der Waals surface area (Å²) in [5.74, 6) is 0.0795. The van der Waals surface area contributed by atoms with Crippen LogP contribution in [-0.4, -0.2) is 23.5 Å². The first kappa shape index (κ1) is 25.3. The zero-order chi connectivity index (χ0) is 24.9. The fraction of sp³-hybridized carbons (Fsp3) is 0.115. The van der Waals surface area contributed by atoms with Gasteiger partial charge in [0.1, 0.15) is 12.2 Å². The summed E-state index contributed by atoms with van der Waals surface area (Å²) in [7, 11) is 0. The molecule has 1 N–H and O–H groups in total. The topological polar surface area (TPSA) is 67.9 Å². The van der Waals surface area contributed by atoms with Crippen LogP contribution in [0.2, 0.25) is 0 Å². The van der Waals surface area contributed by atoms with E-state index in [1.807, 2.05) is 43.3 Å². The molecule has 178 valence electrons. The number of ether oxygens (including phenoxy) is 2. The van der Waals surface area contributed by atoms with Gasteiger partial charge in [-0.2, -0.15) is 0 Å². The van der Waals surface area contributed by atoms with E-state index in [4.69, 9.17) is 21.7 Å². The standard InChI is InChI=1S/C26H20BrIN2O4S/c1-2-33-22-14-16(13-21(28)23(22)34-15-17-8-6-7-11-20(17)27)12-19-24(31)29-26(35)30(25(19)32)18-9-4-3-5-10-18/h3-14H,2,15H2,1H3,(H,29,31,35)/b19-12-. The average Bonchev–Trinajstić information content (AvgIpc) is 2.83. The van der Waals surface area contributed by atoms with Gasteiger partial charge in [0.25, 0.3) is 11.8 Å². The van der Waals surface area contributed by atoms with Crippen LogP contribution in [0.15, 0.2) is 76.8 Å². The summed E-state index contributed by atoms with van der Waals surface area (Å²) in [5, 5.41) is 2.65. The molecule has 1 fully saturated rings. The maximum Gasteiger partial charge on any atom is 0.270 e. The van der Waals surface area contributed by atoms with Crippen molar-refractivity contribution < 1.29 is 19.1 Å². The first-order chi connectivity index (χ1) is 16.9. The lowest BCUT2D eigenvalue weighted by Crippen LogP contribution is -2.54. The van der Waals surface area contributed by atoms with Crippen LogP contribution >= 0.6 is 50.7 Å². The van der Waals surface area contributed by atoms with Gasteiger partial charge in [-0.05, 0) is 83.7 Å². The monoisotopic (exact) mass is 662 g/mol. The van der Waals surface area contributed by atoms with Gasteiger partial charge >= 0.3 is 0 Å². The Balaban J connectivity index is 1.66. The third-order valence-electron chi connectivity index (χ3n) is 5.09. The van der Waals surface area contributed by atoms with Gasteiger partial charge in [0.15, 0.2) is 16.6 Å². The lowest BCUT2D eigenvalue weighted by Gasteiger charge is -2.28. The van der Waals surface area contributed by atoms with Crippen molar-refractivity contribution in [3.8, 4) is 11.5 Å². The van der Waals surface area contributed by atoms with E-state index < -0.39 is 11.8 Å². The van der Waals surface area contributed by atoms with Gasteiger partial charge < -0.3 is 9.47 Å². The summed E-state index contributed by atoms with van der Waals surface area (Å²) < 4.78 is 13.7. The number of carbonyl (C=O) groups excluding carboxylic acids is 2. The summed E-state index contributed by atoms with van der Waals surface area (Å²) in [6.45, 7) is 2.66. The number of anilines is 1. The molecule has 9 heteroatoms. The molecule has 0 atom stereocenters. The second-order valence-corrected chi connectivity index (χ2v) is 9.84. The van der Waals surface area contributed by atoms with E-state index in [1.165, 1.54) is 11.0 Å². The molecule has 2 amide bonds. The molecule has 0 unspecified atom stereocenters. The second-order valence-electron chi connectivity index (χ2n) is 7.44. The number of halogens is 2. The van der Waals surface area contributed by atoms with Crippen molar-refractivity contribution in [2.45, 2.75) is 13.5 Å². The first-order valence-electron chi connectivity index (χ1n) is 10.7. The lowest BCUT2D eigenvalue weighted by molar-refractivity contribution is -0.122. The van der Waals surface area contributed by atoms with Crippen LogP contribution in [0.4, 0.5) is 5.69 Å². The molecule has 0 aromatic heterocycles. The molecule has 6 nitrogen and oxygen atoms in total. The zero-order valence-electron chi connectivity index (χ0n) is 18.6. The molecule has 35 heavy (non-hydrogen) atoms. The number of amides is 2. The van der Waals surface area contributed by atoms with Gasteiger partial charge in [-0.1, -0.05) is 52.3 Å².